The Bertz CT molecular complexity index is 1160. The lowest BCUT2D eigenvalue weighted by molar-refractivity contribution is -0.115. The summed E-state index contributed by atoms with van der Waals surface area (Å²) in [5.74, 6) is 6.93. The lowest BCUT2D eigenvalue weighted by Gasteiger charge is -2.17. The van der Waals surface area contributed by atoms with Crippen LogP contribution in [0.3, 0.4) is 0 Å². The number of hydrogen-bond acceptors (Lipinski definition) is 6. The quantitative estimate of drug-likeness (QED) is 0.356. The molecule has 0 aliphatic carbocycles. The number of carbonyl (C=O) groups is 1. The third-order valence-electron chi connectivity index (χ3n) is 4.62. The average molecular weight is 420 g/mol. The van der Waals surface area contributed by atoms with Crippen molar-refractivity contribution in [1.29, 1.82) is 0 Å². The first-order chi connectivity index (χ1) is 14.5. The van der Waals surface area contributed by atoms with Crippen LogP contribution < -0.4 is 11.2 Å². The molecule has 8 heteroatoms. The molecule has 4 aromatic rings. The molecule has 30 heavy (non-hydrogen) atoms. The van der Waals surface area contributed by atoms with Crippen LogP contribution in [0.1, 0.15) is 21.9 Å². The van der Waals surface area contributed by atoms with Gasteiger partial charge in [-0.05, 0) is 48.7 Å². The molecule has 0 spiro atoms. The van der Waals surface area contributed by atoms with Gasteiger partial charge in [-0.15, -0.1) is 10.2 Å². The molecule has 0 aliphatic rings. The van der Waals surface area contributed by atoms with Gasteiger partial charge >= 0.3 is 0 Å². The predicted molar refractivity (Wildman–Crippen MR) is 117 cm³/mol. The number of carbonyl (C=O) groups excluding carboxylic acids is 1. The molecule has 1 atom stereocenters. The van der Waals surface area contributed by atoms with E-state index in [-0.39, 0.29) is 5.91 Å². The van der Waals surface area contributed by atoms with Crippen LogP contribution in [0, 0.1) is 13.8 Å². The molecule has 7 nitrogen and oxygen atoms in total. The van der Waals surface area contributed by atoms with E-state index in [0.717, 1.165) is 22.4 Å². The Morgan fingerprint density at radius 1 is 1.10 bits per heavy atom. The van der Waals surface area contributed by atoms with Gasteiger partial charge in [-0.1, -0.05) is 54.2 Å². The number of nitrogen functional groups attached to an aromatic ring is 1. The van der Waals surface area contributed by atoms with Crippen LogP contribution in [0.4, 0.5) is 5.69 Å². The minimum atomic E-state index is -0.568. The van der Waals surface area contributed by atoms with Gasteiger partial charge in [0.05, 0.1) is 6.26 Å². The lowest BCUT2D eigenvalue weighted by atomic mass is 10.1. The van der Waals surface area contributed by atoms with Gasteiger partial charge in [0.15, 0.2) is 5.76 Å². The van der Waals surface area contributed by atoms with Crippen molar-refractivity contribution in [3.8, 4) is 11.6 Å². The van der Waals surface area contributed by atoms with Crippen molar-refractivity contribution in [3.63, 3.8) is 0 Å². The molecule has 0 saturated heterocycles. The number of hydrogen-bond donors (Lipinski definition) is 2. The molecule has 0 aliphatic heterocycles. The number of nitrogens with zero attached hydrogens (tertiary/aromatic N) is 3. The number of aromatic nitrogens is 3. The maximum atomic E-state index is 13.3. The first-order valence-corrected chi connectivity index (χ1v) is 10.2. The maximum Gasteiger partial charge on any atom is 0.242 e. The number of amides is 1. The topological polar surface area (TPSA) is 99.0 Å². The number of furan rings is 1. The highest BCUT2D eigenvalue weighted by Crippen LogP contribution is 2.36. The Hall–Kier alpha value is -3.52. The lowest BCUT2D eigenvalue weighted by Crippen LogP contribution is -2.21. The molecule has 4 rings (SSSR count). The Balaban J connectivity index is 1.64. The first kappa shape index (κ1) is 19.8. The minimum absolute atomic E-state index is 0.164. The molecule has 0 unspecified atom stereocenters. The van der Waals surface area contributed by atoms with Gasteiger partial charge in [0, 0.05) is 5.69 Å². The molecule has 152 valence electrons. The highest BCUT2D eigenvalue weighted by Gasteiger charge is 2.26. The van der Waals surface area contributed by atoms with E-state index < -0.39 is 5.25 Å². The van der Waals surface area contributed by atoms with E-state index in [1.54, 1.807) is 18.4 Å². The molecule has 0 fully saturated rings. The third kappa shape index (κ3) is 4.08. The van der Waals surface area contributed by atoms with Crippen molar-refractivity contribution in [2.24, 2.45) is 0 Å². The number of nitrogens with two attached hydrogens (primary N) is 1. The smallest absolute Gasteiger partial charge is 0.242 e. The minimum Gasteiger partial charge on any atom is -0.461 e. The van der Waals surface area contributed by atoms with Gasteiger partial charge < -0.3 is 15.6 Å². The first-order valence-electron chi connectivity index (χ1n) is 9.37. The second-order valence-electron chi connectivity index (χ2n) is 6.87. The van der Waals surface area contributed by atoms with Gasteiger partial charge in [-0.25, -0.2) is 4.68 Å². The van der Waals surface area contributed by atoms with Crippen molar-refractivity contribution in [2.45, 2.75) is 24.3 Å². The van der Waals surface area contributed by atoms with Crippen LogP contribution in [-0.4, -0.2) is 20.8 Å². The second kappa shape index (κ2) is 8.46. The van der Waals surface area contributed by atoms with Crippen LogP contribution >= 0.6 is 11.8 Å². The zero-order valence-corrected chi connectivity index (χ0v) is 17.4. The van der Waals surface area contributed by atoms with Crippen LogP contribution in [0.2, 0.25) is 0 Å². The number of aryl methyl sites for hydroxylation is 2. The Labute approximate surface area is 178 Å². The molecule has 0 bridgehead atoms. The molecular formula is C22H21N5O2S. The molecule has 0 saturated carbocycles. The normalized spacial score (nSPS) is 11.9. The van der Waals surface area contributed by atoms with Crippen molar-refractivity contribution >= 4 is 23.4 Å². The van der Waals surface area contributed by atoms with Gasteiger partial charge in [0.2, 0.25) is 16.9 Å². The number of anilines is 1. The van der Waals surface area contributed by atoms with Crippen LogP contribution in [0.25, 0.3) is 11.6 Å². The van der Waals surface area contributed by atoms with E-state index in [1.165, 1.54) is 16.4 Å². The Kier molecular flexibility index (Phi) is 5.58. The molecular weight excluding hydrogens is 398 g/mol. The summed E-state index contributed by atoms with van der Waals surface area (Å²) in [6.45, 7) is 3.96. The summed E-state index contributed by atoms with van der Waals surface area (Å²) in [7, 11) is 0. The fraction of sp³-hybridized carbons (Fsp3) is 0.136. The van der Waals surface area contributed by atoms with Crippen molar-refractivity contribution in [1.82, 2.24) is 14.9 Å². The summed E-state index contributed by atoms with van der Waals surface area (Å²) < 4.78 is 6.70. The summed E-state index contributed by atoms with van der Waals surface area (Å²) in [5, 5.41) is 11.2. The van der Waals surface area contributed by atoms with E-state index in [1.807, 2.05) is 62.4 Å². The Morgan fingerprint density at radius 2 is 1.90 bits per heavy atom. The van der Waals surface area contributed by atoms with Crippen LogP contribution in [-0.2, 0) is 4.79 Å². The number of nitrogens with one attached hydrogen (secondary N) is 1. The largest absolute Gasteiger partial charge is 0.461 e. The third-order valence-corrected chi connectivity index (χ3v) is 5.83. The zero-order chi connectivity index (χ0) is 21.1. The van der Waals surface area contributed by atoms with Crippen LogP contribution in [0.5, 0.6) is 0 Å². The van der Waals surface area contributed by atoms with Gasteiger partial charge in [-0.3, -0.25) is 4.79 Å². The van der Waals surface area contributed by atoms with Crippen molar-refractivity contribution in [2.75, 3.05) is 11.2 Å². The highest BCUT2D eigenvalue weighted by atomic mass is 32.2. The number of benzene rings is 2. The number of rotatable bonds is 6. The molecule has 0 radical (unpaired) electrons. The van der Waals surface area contributed by atoms with E-state index >= 15 is 0 Å². The Morgan fingerprint density at radius 3 is 2.63 bits per heavy atom. The number of thioether (sulfide) groups is 1. The van der Waals surface area contributed by atoms with Crippen molar-refractivity contribution < 1.29 is 9.21 Å². The summed E-state index contributed by atoms with van der Waals surface area (Å²) in [6.07, 6.45) is 1.54. The summed E-state index contributed by atoms with van der Waals surface area (Å²) in [4.78, 5) is 13.3. The van der Waals surface area contributed by atoms with E-state index in [4.69, 9.17) is 10.3 Å². The molecule has 2 aromatic carbocycles. The maximum absolute atomic E-state index is 13.3. The SMILES string of the molecule is Cc1ccc(C)c(NC(=O)[C@@H](Sc2nnc(-c3ccco3)n2N)c2ccccc2)c1. The van der Waals surface area contributed by atoms with Crippen molar-refractivity contribution in [3.05, 3.63) is 83.6 Å². The highest BCUT2D eigenvalue weighted by molar-refractivity contribution is 8.00. The second-order valence-corrected chi connectivity index (χ2v) is 7.94. The molecule has 2 aromatic heterocycles. The molecule has 3 N–H and O–H groups in total. The monoisotopic (exact) mass is 419 g/mol. The van der Waals surface area contributed by atoms with Gasteiger partial charge in [0.25, 0.3) is 0 Å². The van der Waals surface area contributed by atoms with E-state index in [2.05, 4.69) is 15.5 Å². The summed E-state index contributed by atoms with van der Waals surface area (Å²) >= 11 is 1.23. The standard InChI is InChI=1S/C22H21N5O2S/c1-14-10-11-15(2)17(13-14)24-21(28)19(16-7-4-3-5-8-16)30-22-26-25-20(27(22)23)18-9-6-12-29-18/h3-13,19H,23H2,1-2H3,(H,24,28)/t19-/m0/s1. The fourth-order valence-corrected chi connectivity index (χ4v) is 3.96. The van der Waals surface area contributed by atoms with E-state index in [0.29, 0.717) is 16.7 Å². The molecule has 1 amide bonds. The van der Waals surface area contributed by atoms with Gasteiger partial charge in [-0.2, -0.15) is 0 Å². The van der Waals surface area contributed by atoms with E-state index in [9.17, 15) is 4.79 Å². The average Bonchev–Trinajstić information content (AvgIpc) is 3.39. The van der Waals surface area contributed by atoms with Gasteiger partial charge in [0.1, 0.15) is 5.25 Å². The fourth-order valence-electron chi connectivity index (χ4n) is 3.01. The van der Waals surface area contributed by atoms with Crippen LogP contribution in [0.15, 0.2) is 76.5 Å². The zero-order valence-electron chi connectivity index (χ0n) is 16.6. The predicted octanol–water partition coefficient (Wildman–Crippen LogP) is 4.34. The molecule has 2 heterocycles. The summed E-state index contributed by atoms with van der Waals surface area (Å²) in [5.41, 5.74) is 3.69. The summed E-state index contributed by atoms with van der Waals surface area (Å²) in [6, 6.07) is 19.0.